The standard InChI is InChI=1S/C12H19NO4/c1-3-16-12(15)7-10(14)8-13-9(2)11-5-4-6-17-11/h4-6,9-10,13-14H,3,7-8H2,1-2H3. The first-order chi connectivity index (χ1) is 8.13. The van der Waals surface area contributed by atoms with Gasteiger partial charge >= 0.3 is 5.97 Å². The molecule has 5 nitrogen and oxygen atoms in total. The summed E-state index contributed by atoms with van der Waals surface area (Å²) in [4.78, 5) is 11.1. The second-order valence-corrected chi connectivity index (χ2v) is 3.81. The van der Waals surface area contributed by atoms with Crippen molar-refractivity contribution in [1.82, 2.24) is 5.32 Å². The summed E-state index contributed by atoms with van der Waals surface area (Å²) in [6, 6.07) is 3.67. The van der Waals surface area contributed by atoms with E-state index >= 15 is 0 Å². The van der Waals surface area contributed by atoms with Crippen molar-refractivity contribution in [3.05, 3.63) is 24.2 Å². The second kappa shape index (κ2) is 7.09. The molecule has 0 fully saturated rings. The largest absolute Gasteiger partial charge is 0.468 e. The Kier molecular flexibility index (Phi) is 5.72. The first-order valence-electron chi connectivity index (χ1n) is 5.74. The lowest BCUT2D eigenvalue weighted by molar-refractivity contribution is -0.145. The summed E-state index contributed by atoms with van der Waals surface area (Å²) >= 11 is 0. The van der Waals surface area contributed by atoms with Gasteiger partial charge in [0.1, 0.15) is 5.76 Å². The maximum Gasteiger partial charge on any atom is 0.308 e. The van der Waals surface area contributed by atoms with Gasteiger partial charge in [-0.2, -0.15) is 0 Å². The quantitative estimate of drug-likeness (QED) is 0.703. The fourth-order valence-corrected chi connectivity index (χ4v) is 1.44. The van der Waals surface area contributed by atoms with E-state index in [-0.39, 0.29) is 18.4 Å². The molecule has 0 spiro atoms. The van der Waals surface area contributed by atoms with Crippen molar-refractivity contribution in [1.29, 1.82) is 0 Å². The molecule has 1 heterocycles. The maximum absolute atomic E-state index is 11.1. The van der Waals surface area contributed by atoms with Crippen molar-refractivity contribution in [3.8, 4) is 0 Å². The predicted molar refractivity (Wildman–Crippen MR) is 62.4 cm³/mol. The Hall–Kier alpha value is -1.33. The first kappa shape index (κ1) is 13.7. The summed E-state index contributed by atoms with van der Waals surface area (Å²) in [5, 5.41) is 12.7. The number of rotatable bonds is 7. The molecule has 2 unspecified atom stereocenters. The average molecular weight is 241 g/mol. The summed E-state index contributed by atoms with van der Waals surface area (Å²) in [6.07, 6.45) is 0.861. The number of carbonyl (C=O) groups excluding carboxylic acids is 1. The average Bonchev–Trinajstić information content (AvgIpc) is 2.79. The van der Waals surface area contributed by atoms with E-state index in [0.29, 0.717) is 13.2 Å². The number of esters is 1. The minimum absolute atomic E-state index is 0.00171. The summed E-state index contributed by atoms with van der Waals surface area (Å²) < 4.78 is 9.96. The van der Waals surface area contributed by atoms with Gasteiger partial charge in [0.15, 0.2) is 0 Å². The van der Waals surface area contributed by atoms with Crippen molar-refractivity contribution in [2.24, 2.45) is 0 Å². The van der Waals surface area contributed by atoms with E-state index < -0.39 is 6.10 Å². The van der Waals surface area contributed by atoms with Gasteiger partial charge in [-0.1, -0.05) is 0 Å². The molecular weight excluding hydrogens is 222 g/mol. The Morgan fingerprint density at radius 3 is 3.00 bits per heavy atom. The molecule has 0 aliphatic heterocycles. The highest BCUT2D eigenvalue weighted by atomic mass is 16.5. The highest BCUT2D eigenvalue weighted by Gasteiger charge is 2.14. The van der Waals surface area contributed by atoms with E-state index in [0.717, 1.165) is 5.76 Å². The van der Waals surface area contributed by atoms with Crippen LogP contribution in [-0.4, -0.2) is 30.3 Å². The third-order valence-corrected chi connectivity index (χ3v) is 2.34. The van der Waals surface area contributed by atoms with Gasteiger partial charge in [-0.05, 0) is 26.0 Å². The van der Waals surface area contributed by atoms with Crippen LogP contribution in [0, 0.1) is 0 Å². The number of carbonyl (C=O) groups is 1. The Bertz CT molecular complexity index is 323. The highest BCUT2D eigenvalue weighted by molar-refractivity contribution is 5.69. The van der Waals surface area contributed by atoms with Gasteiger partial charge in [-0.25, -0.2) is 0 Å². The smallest absolute Gasteiger partial charge is 0.308 e. The van der Waals surface area contributed by atoms with E-state index in [1.807, 2.05) is 19.1 Å². The molecule has 0 saturated heterocycles. The van der Waals surface area contributed by atoms with Gasteiger partial charge in [0, 0.05) is 6.54 Å². The number of nitrogens with one attached hydrogen (secondary N) is 1. The van der Waals surface area contributed by atoms with Gasteiger partial charge in [0.2, 0.25) is 0 Å². The van der Waals surface area contributed by atoms with Crippen LogP contribution in [0.3, 0.4) is 0 Å². The van der Waals surface area contributed by atoms with Crippen molar-refractivity contribution in [2.45, 2.75) is 32.4 Å². The molecule has 0 aliphatic carbocycles. The van der Waals surface area contributed by atoms with Crippen LogP contribution in [0.4, 0.5) is 0 Å². The lowest BCUT2D eigenvalue weighted by Crippen LogP contribution is -2.31. The van der Waals surface area contributed by atoms with Crippen LogP contribution in [-0.2, 0) is 9.53 Å². The summed E-state index contributed by atoms with van der Waals surface area (Å²) in [5.74, 6) is 0.417. The van der Waals surface area contributed by atoms with Crippen molar-refractivity contribution < 1.29 is 19.1 Å². The normalized spacial score (nSPS) is 14.3. The third-order valence-electron chi connectivity index (χ3n) is 2.34. The van der Waals surface area contributed by atoms with Crippen molar-refractivity contribution in [3.63, 3.8) is 0 Å². The third kappa shape index (κ3) is 5.01. The Balaban J connectivity index is 2.23. The van der Waals surface area contributed by atoms with Crippen LogP contribution in [0.15, 0.2) is 22.8 Å². The molecule has 96 valence electrons. The molecule has 0 radical (unpaired) electrons. The fraction of sp³-hybridized carbons (Fsp3) is 0.583. The Morgan fingerprint density at radius 1 is 1.65 bits per heavy atom. The van der Waals surface area contributed by atoms with Crippen LogP contribution in [0.2, 0.25) is 0 Å². The topological polar surface area (TPSA) is 71.7 Å². The van der Waals surface area contributed by atoms with Gasteiger partial charge in [0.05, 0.1) is 31.4 Å². The minimum atomic E-state index is -0.744. The number of aliphatic hydroxyl groups is 1. The zero-order chi connectivity index (χ0) is 12.7. The van der Waals surface area contributed by atoms with Crippen LogP contribution >= 0.6 is 0 Å². The van der Waals surface area contributed by atoms with Gasteiger partial charge in [-0.3, -0.25) is 4.79 Å². The number of furan rings is 1. The molecule has 0 bridgehead atoms. The molecule has 0 aromatic carbocycles. The Labute approximate surface area is 101 Å². The minimum Gasteiger partial charge on any atom is -0.468 e. The lowest BCUT2D eigenvalue weighted by atomic mass is 10.2. The molecule has 2 N–H and O–H groups in total. The van der Waals surface area contributed by atoms with E-state index in [4.69, 9.17) is 9.15 Å². The van der Waals surface area contributed by atoms with Crippen LogP contribution in [0.25, 0.3) is 0 Å². The zero-order valence-corrected chi connectivity index (χ0v) is 10.2. The molecule has 17 heavy (non-hydrogen) atoms. The van der Waals surface area contributed by atoms with Crippen LogP contribution in [0.1, 0.15) is 32.1 Å². The predicted octanol–water partition coefficient (Wildman–Crippen LogP) is 1.24. The molecule has 1 aromatic heterocycles. The van der Waals surface area contributed by atoms with Gasteiger partial charge < -0.3 is 19.6 Å². The molecule has 0 amide bonds. The number of aliphatic hydroxyl groups excluding tert-OH is 1. The maximum atomic E-state index is 11.1. The van der Waals surface area contributed by atoms with Gasteiger partial charge in [-0.15, -0.1) is 0 Å². The molecule has 5 heteroatoms. The molecule has 2 atom stereocenters. The van der Waals surface area contributed by atoms with Gasteiger partial charge in [0.25, 0.3) is 0 Å². The molecule has 0 saturated carbocycles. The van der Waals surface area contributed by atoms with Crippen molar-refractivity contribution in [2.75, 3.05) is 13.2 Å². The van der Waals surface area contributed by atoms with E-state index in [9.17, 15) is 9.90 Å². The monoisotopic (exact) mass is 241 g/mol. The van der Waals surface area contributed by atoms with E-state index in [1.54, 1.807) is 13.2 Å². The molecule has 1 aromatic rings. The molecular formula is C12H19NO4. The lowest BCUT2D eigenvalue weighted by Gasteiger charge is -2.15. The number of ether oxygens (including phenoxy) is 1. The van der Waals surface area contributed by atoms with E-state index in [2.05, 4.69) is 5.32 Å². The Morgan fingerprint density at radius 2 is 2.41 bits per heavy atom. The van der Waals surface area contributed by atoms with Crippen LogP contribution < -0.4 is 5.32 Å². The van der Waals surface area contributed by atoms with Crippen LogP contribution in [0.5, 0.6) is 0 Å². The second-order valence-electron chi connectivity index (χ2n) is 3.81. The number of hydrogen-bond donors (Lipinski definition) is 2. The fourth-order valence-electron chi connectivity index (χ4n) is 1.44. The SMILES string of the molecule is CCOC(=O)CC(O)CNC(C)c1ccco1. The summed E-state index contributed by atoms with van der Waals surface area (Å²) in [6.45, 7) is 4.32. The van der Waals surface area contributed by atoms with E-state index in [1.165, 1.54) is 0 Å². The molecule has 1 rings (SSSR count). The zero-order valence-electron chi connectivity index (χ0n) is 10.2. The summed E-state index contributed by atoms with van der Waals surface area (Å²) in [5.41, 5.74) is 0. The first-order valence-corrected chi connectivity index (χ1v) is 5.74. The van der Waals surface area contributed by atoms with Crippen molar-refractivity contribution >= 4 is 5.97 Å². The highest BCUT2D eigenvalue weighted by Crippen LogP contribution is 2.12. The summed E-state index contributed by atoms with van der Waals surface area (Å²) in [7, 11) is 0. The number of hydrogen-bond acceptors (Lipinski definition) is 5. The molecule has 0 aliphatic rings.